The molecule has 0 spiro atoms. The van der Waals surface area contributed by atoms with E-state index in [-0.39, 0.29) is 11.8 Å². The highest BCUT2D eigenvalue weighted by atomic mass is 16.1. The summed E-state index contributed by atoms with van der Waals surface area (Å²) in [6.45, 7) is 11.2. The highest BCUT2D eigenvalue weighted by molar-refractivity contribution is 5.79. The van der Waals surface area contributed by atoms with Crippen molar-refractivity contribution in [2.45, 2.75) is 26.2 Å². The van der Waals surface area contributed by atoms with Crippen LogP contribution in [0.3, 0.4) is 0 Å². The number of carbonyl (C=O) groups excluding carboxylic acids is 1. The summed E-state index contributed by atoms with van der Waals surface area (Å²) in [5.41, 5.74) is 2.12. The Hall–Kier alpha value is -2.51. The molecule has 1 aromatic carbocycles. The molecular weight excluding hydrogens is 400 g/mol. The van der Waals surface area contributed by atoms with Gasteiger partial charge in [-0.3, -0.25) is 9.69 Å². The lowest BCUT2D eigenvalue weighted by atomic mass is 9.97. The number of benzene rings is 1. The fourth-order valence-corrected chi connectivity index (χ4v) is 4.67. The van der Waals surface area contributed by atoms with Crippen LogP contribution in [-0.4, -0.2) is 84.6 Å². The van der Waals surface area contributed by atoms with E-state index < -0.39 is 0 Å². The van der Waals surface area contributed by atoms with Gasteiger partial charge in [0.25, 0.3) is 0 Å². The van der Waals surface area contributed by atoms with Gasteiger partial charge in [-0.05, 0) is 31.4 Å². The number of nitrogens with one attached hydrogen (secondary N) is 1. The standard InChI is InChI=1S/C25H36N6O/c1-2-11-29-14-16-30(17-15-29)13-10-26-24(32)22-9-6-12-31(20-22)25-27-18-23(19-28-25)21-7-4-3-5-8-21/h3-5,7-8,18-19,22H,2,6,9-17,20H2,1H3,(H,26,32)/t22-/m1/s1. The number of carbonyl (C=O) groups is 1. The van der Waals surface area contributed by atoms with Crippen LogP contribution in [0.15, 0.2) is 42.7 Å². The Morgan fingerprint density at radius 1 is 0.969 bits per heavy atom. The first-order chi connectivity index (χ1) is 15.7. The lowest BCUT2D eigenvalue weighted by Crippen LogP contribution is -2.49. The molecule has 32 heavy (non-hydrogen) atoms. The molecule has 3 heterocycles. The van der Waals surface area contributed by atoms with E-state index in [2.05, 4.69) is 49.0 Å². The topological polar surface area (TPSA) is 64.6 Å². The molecule has 0 unspecified atom stereocenters. The highest BCUT2D eigenvalue weighted by Crippen LogP contribution is 2.22. The van der Waals surface area contributed by atoms with Crippen LogP contribution >= 0.6 is 0 Å². The lowest BCUT2D eigenvalue weighted by Gasteiger charge is -2.35. The number of piperidine rings is 1. The molecule has 0 saturated carbocycles. The molecule has 2 saturated heterocycles. The number of amides is 1. The third kappa shape index (κ3) is 6.04. The zero-order valence-corrected chi connectivity index (χ0v) is 19.2. The number of nitrogens with zero attached hydrogens (tertiary/aromatic N) is 5. The second-order valence-electron chi connectivity index (χ2n) is 8.90. The van der Waals surface area contributed by atoms with Gasteiger partial charge >= 0.3 is 0 Å². The fraction of sp³-hybridized carbons (Fsp3) is 0.560. The SMILES string of the molecule is CCCN1CCN(CCNC(=O)[C@@H]2CCCN(c3ncc(-c4ccccc4)cn3)C2)CC1. The Kier molecular flexibility index (Phi) is 8.07. The minimum absolute atomic E-state index is 0.00236. The number of rotatable bonds is 8. The Balaban J connectivity index is 1.23. The molecule has 0 aliphatic carbocycles. The molecule has 1 atom stereocenters. The molecule has 1 N–H and O–H groups in total. The van der Waals surface area contributed by atoms with E-state index in [1.54, 1.807) is 0 Å². The molecule has 2 aliphatic heterocycles. The summed E-state index contributed by atoms with van der Waals surface area (Å²) in [5, 5.41) is 3.18. The first-order valence-electron chi connectivity index (χ1n) is 12.1. The molecule has 0 bridgehead atoms. The van der Waals surface area contributed by atoms with E-state index >= 15 is 0 Å². The van der Waals surface area contributed by atoms with Crippen LogP contribution in [0.4, 0.5) is 5.95 Å². The lowest BCUT2D eigenvalue weighted by molar-refractivity contribution is -0.125. The largest absolute Gasteiger partial charge is 0.355 e. The first-order valence-corrected chi connectivity index (χ1v) is 12.1. The van der Waals surface area contributed by atoms with Crippen molar-refractivity contribution in [3.63, 3.8) is 0 Å². The zero-order chi connectivity index (χ0) is 22.2. The van der Waals surface area contributed by atoms with Crippen molar-refractivity contribution in [3.05, 3.63) is 42.7 Å². The average Bonchev–Trinajstić information content (AvgIpc) is 2.86. The van der Waals surface area contributed by atoms with Gasteiger partial charge in [0.05, 0.1) is 5.92 Å². The van der Waals surface area contributed by atoms with Gasteiger partial charge < -0.3 is 15.1 Å². The average molecular weight is 437 g/mol. The molecule has 172 valence electrons. The number of hydrogen-bond donors (Lipinski definition) is 1. The molecular formula is C25H36N6O. The van der Waals surface area contributed by atoms with E-state index in [1.807, 2.05) is 30.6 Å². The first kappa shape index (κ1) is 22.7. The molecule has 1 aromatic heterocycles. The highest BCUT2D eigenvalue weighted by Gasteiger charge is 2.27. The van der Waals surface area contributed by atoms with Crippen LogP contribution in [-0.2, 0) is 4.79 Å². The molecule has 2 fully saturated rings. The van der Waals surface area contributed by atoms with Crippen LogP contribution in [0.25, 0.3) is 11.1 Å². The van der Waals surface area contributed by atoms with E-state index in [1.165, 1.54) is 13.0 Å². The van der Waals surface area contributed by atoms with Gasteiger partial charge in [-0.1, -0.05) is 37.3 Å². The second-order valence-corrected chi connectivity index (χ2v) is 8.90. The van der Waals surface area contributed by atoms with Gasteiger partial charge in [0, 0.05) is 70.3 Å². The van der Waals surface area contributed by atoms with Crippen molar-refractivity contribution >= 4 is 11.9 Å². The maximum atomic E-state index is 12.8. The van der Waals surface area contributed by atoms with Crippen LogP contribution in [0.1, 0.15) is 26.2 Å². The predicted molar refractivity (Wildman–Crippen MR) is 129 cm³/mol. The van der Waals surface area contributed by atoms with E-state index in [9.17, 15) is 4.79 Å². The summed E-state index contributed by atoms with van der Waals surface area (Å²) in [6.07, 6.45) is 6.89. The molecule has 4 rings (SSSR count). The van der Waals surface area contributed by atoms with Crippen molar-refractivity contribution in [1.29, 1.82) is 0 Å². The van der Waals surface area contributed by atoms with Gasteiger partial charge in [0.1, 0.15) is 0 Å². The minimum Gasteiger partial charge on any atom is -0.355 e. The Morgan fingerprint density at radius 2 is 1.66 bits per heavy atom. The summed E-state index contributed by atoms with van der Waals surface area (Å²) in [5.74, 6) is 0.884. The van der Waals surface area contributed by atoms with Gasteiger partial charge in [-0.15, -0.1) is 0 Å². The summed E-state index contributed by atoms with van der Waals surface area (Å²) in [6, 6.07) is 10.2. The summed E-state index contributed by atoms with van der Waals surface area (Å²) < 4.78 is 0. The normalized spacial score (nSPS) is 20.3. The van der Waals surface area contributed by atoms with E-state index in [0.29, 0.717) is 12.5 Å². The van der Waals surface area contributed by atoms with Gasteiger partial charge in [-0.25, -0.2) is 9.97 Å². The molecule has 2 aliphatic rings. The van der Waals surface area contributed by atoms with Crippen molar-refractivity contribution in [2.24, 2.45) is 5.92 Å². The third-order valence-corrected chi connectivity index (χ3v) is 6.55. The van der Waals surface area contributed by atoms with Crippen LogP contribution in [0.2, 0.25) is 0 Å². The van der Waals surface area contributed by atoms with Crippen LogP contribution in [0, 0.1) is 5.92 Å². The van der Waals surface area contributed by atoms with Crippen molar-refractivity contribution < 1.29 is 4.79 Å². The number of anilines is 1. The Bertz CT molecular complexity index is 835. The molecule has 2 aromatic rings. The third-order valence-electron chi connectivity index (χ3n) is 6.55. The molecule has 7 heteroatoms. The number of aromatic nitrogens is 2. The van der Waals surface area contributed by atoms with Crippen LogP contribution in [0.5, 0.6) is 0 Å². The number of piperazine rings is 1. The molecule has 1 amide bonds. The van der Waals surface area contributed by atoms with Crippen molar-refractivity contribution in [2.75, 3.05) is 63.8 Å². The number of hydrogen-bond acceptors (Lipinski definition) is 6. The van der Waals surface area contributed by atoms with Crippen molar-refractivity contribution in [3.8, 4) is 11.1 Å². The van der Waals surface area contributed by atoms with E-state index in [0.717, 1.165) is 69.8 Å². The maximum Gasteiger partial charge on any atom is 0.225 e. The molecule has 0 radical (unpaired) electrons. The maximum absolute atomic E-state index is 12.8. The van der Waals surface area contributed by atoms with Gasteiger partial charge in [0.2, 0.25) is 11.9 Å². The summed E-state index contributed by atoms with van der Waals surface area (Å²) in [4.78, 5) is 29.1. The molecule has 7 nitrogen and oxygen atoms in total. The summed E-state index contributed by atoms with van der Waals surface area (Å²) >= 11 is 0. The van der Waals surface area contributed by atoms with Gasteiger partial charge in [0.15, 0.2) is 0 Å². The Labute approximate surface area is 191 Å². The predicted octanol–water partition coefficient (Wildman–Crippen LogP) is 2.50. The monoisotopic (exact) mass is 436 g/mol. The quantitative estimate of drug-likeness (QED) is 0.686. The van der Waals surface area contributed by atoms with Crippen LogP contribution < -0.4 is 10.2 Å². The van der Waals surface area contributed by atoms with E-state index in [4.69, 9.17) is 0 Å². The Morgan fingerprint density at radius 3 is 2.34 bits per heavy atom. The van der Waals surface area contributed by atoms with Gasteiger partial charge in [-0.2, -0.15) is 0 Å². The minimum atomic E-state index is 0.00236. The smallest absolute Gasteiger partial charge is 0.225 e. The fourth-order valence-electron chi connectivity index (χ4n) is 4.67. The summed E-state index contributed by atoms with van der Waals surface area (Å²) in [7, 11) is 0. The second kappa shape index (κ2) is 11.4. The van der Waals surface area contributed by atoms with Crippen molar-refractivity contribution in [1.82, 2.24) is 25.1 Å². The zero-order valence-electron chi connectivity index (χ0n) is 19.2.